The lowest BCUT2D eigenvalue weighted by atomic mass is 9.89. The van der Waals surface area contributed by atoms with E-state index in [9.17, 15) is 13.5 Å². The van der Waals surface area contributed by atoms with Crippen molar-refractivity contribution in [3.63, 3.8) is 0 Å². The number of hydrogen-bond acceptors (Lipinski definition) is 4. The van der Waals surface area contributed by atoms with Gasteiger partial charge in [0.05, 0.1) is 12.3 Å². The molecule has 3 rings (SSSR count). The van der Waals surface area contributed by atoms with Crippen molar-refractivity contribution in [2.24, 2.45) is 5.92 Å². The highest BCUT2D eigenvalue weighted by Crippen LogP contribution is 2.37. The molecule has 3 unspecified atom stereocenters. The SMILES string of the molecule is O=S(=O)(c1ccn[nH]1)N1CCCCC1C1CCCC1O. The van der Waals surface area contributed by atoms with Crippen LogP contribution in [0.4, 0.5) is 0 Å². The summed E-state index contributed by atoms with van der Waals surface area (Å²) >= 11 is 0. The van der Waals surface area contributed by atoms with E-state index in [2.05, 4.69) is 10.2 Å². The number of hydrogen-bond donors (Lipinski definition) is 2. The Kier molecular flexibility index (Phi) is 3.83. The summed E-state index contributed by atoms with van der Waals surface area (Å²) in [6.07, 6.45) is 6.54. The van der Waals surface area contributed by atoms with Crippen LogP contribution in [0.15, 0.2) is 17.3 Å². The lowest BCUT2D eigenvalue weighted by Crippen LogP contribution is -2.49. The molecule has 0 radical (unpaired) electrons. The van der Waals surface area contributed by atoms with E-state index >= 15 is 0 Å². The summed E-state index contributed by atoms with van der Waals surface area (Å²) < 4.78 is 27.0. The van der Waals surface area contributed by atoms with Crippen LogP contribution in [0.3, 0.4) is 0 Å². The van der Waals surface area contributed by atoms with Crippen LogP contribution in [0.2, 0.25) is 0 Å². The van der Waals surface area contributed by atoms with Gasteiger partial charge in [0.25, 0.3) is 10.0 Å². The van der Waals surface area contributed by atoms with E-state index in [1.165, 1.54) is 12.3 Å². The fraction of sp³-hybridized carbons (Fsp3) is 0.769. The smallest absolute Gasteiger partial charge is 0.260 e. The molecule has 0 amide bonds. The second-order valence-corrected chi connectivity index (χ2v) is 7.62. The Morgan fingerprint density at radius 1 is 1.25 bits per heavy atom. The third kappa shape index (κ3) is 2.38. The van der Waals surface area contributed by atoms with Gasteiger partial charge in [-0.1, -0.05) is 12.8 Å². The van der Waals surface area contributed by atoms with Gasteiger partial charge in [-0.3, -0.25) is 5.10 Å². The van der Waals surface area contributed by atoms with Crippen molar-refractivity contribution in [3.05, 3.63) is 12.3 Å². The van der Waals surface area contributed by atoms with Crippen molar-refractivity contribution >= 4 is 10.0 Å². The zero-order valence-corrected chi connectivity index (χ0v) is 12.2. The first-order valence-corrected chi connectivity index (χ1v) is 8.74. The van der Waals surface area contributed by atoms with Gasteiger partial charge >= 0.3 is 0 Å². The minimum Gasteiger partial charge on any atom is -0.393 e. The van der Waals surface area contributed by atoms with Crippen LogP contribution in [0.25, 0.3) is 0 Å². The lowest BCUT2D eigenvalue weighted by molar-refractivity contribution is 0.0722. The van der Waals surface area contributed by atoms with Crippen molar-refractivity contribution in [1.82, 2.24) is 14.5 Å². The maximum Gasteiger partial charge on any atom is 0.260 e. The standard InChI is InChI=1S/C13H21N3O3S/c17-12-6-3-4-10(12)11-5-1-2-9-16(11)20(18,19)13-7-8-14-15-13/h7-8,10-12,17H,1-6,9H2,(H,14,15). The van der Waals surface area contributed by atoms with Gasteiger partial charge in [-0.05, 0) is 31.7 Å². The molecule has 0 spiro atoms. The van der Waals surface area contributed by atoms with E-state index in [0.29, 0.717) is 6.54 Å². The van der Waals surface area contributed by atoms with Crippen molar-refractivity contribution in [2.45, 2.75) is 55.7 Å². The summed E-state index contributed by atoms with van der Waals surface area (Å²) in [6, 6.07) is 1.42. The molecule has 3 atom stereocenters. The van der Waals surface area contributed by atoms with E-state index in [-0.39, 0.29) is 23.1 Å². The van der Waals surface area contributed by atoms with Gasteiger partial charge in [0.1, 0.15) is 0 Å². The van der Waals surface area contributed by atoms with E-state index < -0.39 is 10.0 Å². The highest BCUT2D eigenvalue weighted by Gasteiger charge is 2.42. The van der Waals surface area contributed by atoms with E-state index in [4.69, 9.17) is 0 Å². The molecule has 20 heavy (non-hydrogen) atoms. The number of piperidine rings is 1. The van der Waals surface area contributed by atoms with Crippen LogP contribution in [0.5, 0.6) is 0 Å². The van der Waals surface area contributed by atoms with Gasteiger partial charge in [0.2, 0.25) is 0 Å². The fourth-order valence-electron chi connectivity index (χ4n) is 3.59. The van der Waals surface area contributed by atoms with Gasteiger partial charge in [0.15, 0.2) is 5.03 Å². The second-order valence-electron chi connectivity index (χ2n) is 5.76. The molecule has 7 heteroatoms. The molecule has 112 valence electrons. The van der Waals surface area contributed by atoms with Crippen LogP contribution >= 0.6 is 0 Å². The largest absolute Gasteiger partial charge is 0.393 e. The van der Waals surface area contributed by atoms with Crippen LogP contribution in [-0.4, -0.2) is 46.7 Å². The summed E-state index contributed by atoms with van der Waals surface area (Å²) in [5, 5.41) is 16.6. The minimum absolute atomic E-state index is 0.0745. The molecule has 2 N–H and O–H groups in total. The van der Waals surface area contributed by atoms with Gasteiger partial charge in [-0.15, -0.1) is 0 Å². The average Bonchev–Trinajstić information content (AvgIpc) is 3.10. The highest BCUT2D eigenvalue weighted by atomic mass is 32.2. The maximum atomic E-state index is 12.7. The first-order chi connectivity index (χ1) is 9.60. The van der Waals surface area contributed by atoms with E-state index in [1.807, 2.05) is 0 Å². The quantitative estimate of drug-likeness (QED) is 0.875. The Morgan fingerprint density at radius 2 is 2.10 bits per heavy atom. The summed E-state index contributed by atoms with van der Waals surface area (Å²) in [7, 11) is -3.52. The summed E-state index contributed by atoms with van der Waals surface area (Å²) in [6.45, 7) is 0.537. The molecule has 2 heterocycles. The number of aliphatic hydroxyl groups is 1. The lowest BCUT2D eigenvalue weighted by Gasteiger charge is -2.38. The monoisotopic (exact) mass is 299 g/mol. The number of aliphatic hydroxyl groups excluding tert-OH is 1. The predicted octanol–water partition coefficient (Wildman–Crippen LogP) is 1.11. The van der Waals surface area contributed by atoms with Gasteiger partial charge in [-0.2, -0.15) is 9.40 Å². The van der Waals surface area contributed by atoms with Crippen molar-refractivity contribution < 1.29 is 13.5 Å². The molecule has 1 aliphatic carbocycles. The summed E-state index contributed by atoms with van der Waals surface area (Å²) in [4.78, 5) is 0. The third-order valence-corrected chi connectivity index (χ3v) is 6.44. The summed E-state index contributed by atoms with van der Waals surface area (Å²) in [5.74, 6) is 0.0768. The first kappa shape index (κ1) is 14.0. The van der Waals surface area contributed by atoms with Crippen LogP contribution in [0.1, 0.15) is 38.5 Å². The Balaban J connectivity index is 1.89. The third-order valence-electron chi connectivity index (χ3n) is 4.59. The zero-order valence-electron chi connectivity index (χ0n) is 11.4. The van der Waals surface area contributed by atoms with Crippen LogP contribution < -0.4 is 0 Å². The van der Waals surface area contributed by atoms with Crippen molar-refractivity contribution in [3.8, 4) is 0 Å². The molecular formula is C13H21N3O3S. The Morgan fingerprint density at radius 3 is 2.75 bits per heavy atom. The first-order valence-electron chi connectivity index (χ1n) is 7.30. The van der Waals surface area contributed by atoms with Crippen molar-refractivity contribution in [1.29, 1.82) is 0 Å². The van der Waals surface area contributed by atoms with Gasteiger partial charge < -0.3 is 5.11 Å². The molecule has 0 aromatic carbocycles. The van der Waals surface area contributed by atoms with Gasteiger partial charge in [0, 0.05) is 18.5 Å². The number of rotatable bonds is 3. The molecule has 1 aromatic rings. The molecule has 1 saturated heterocycles. The molecule has 0 bridgehead atoms. The number of sulfonamides is 1. The zero-order chi connectivity index (χ0) is 14.2. The Hall–Kier alpha value is -0.920. The van der Waals surface area contributed by atoms with Gasteiger partial charge in [-0.25, -0.2) is 8.42 Å². The maximum absolute atomic E-state index is 12.7. The number of nitrogens with one attached hydrogen (secondary N) is 1. The molecule has 2 fully saturated rings. The number of nitrogens with zero attached hydrogens (tertiary/aromatic N) is 2. The Labute approximate surface area is 119 Å². The normalized spacial score (nSPS) is 32.5. The topological polar surface area (TPSA) is 86.3 Å². The molecule has 1 aromatic heterocycles. The molecule has 2 aliphatic rings. The molecule has 6 nitrogen and oxygen atoms in total. The molecule has 1 aliphatic heterocycles. The van der Waals surface area contributed by atoms with E-state index in [0.717, 1.165) is 38.5 Å². The van der Waals surface area contributed by atoms with Crippen molar-refractivity contribution in [2.75, 3.05) is 6.54 Å². The average molecular weight is 299 g/mol. The molecular weight excluding hydrogens is 278 g/mol. The van der Waals surface area contributed by atoms with Crippen LogP contribution in [-0.2, 0) is 10.0 Å². The second kappa shape index (κ2) is 5.46. The number of aromatic nitrogens is 2. The summed E-state index contributed by atoms with van der Waals surface area (Å²) in [5.41, 5.74) is 0. The van der Waals surface area contributed by atoms with Crippen LogP contribution in [0, 0.1) is 5.92 Å². The number of H-pyrrole nitrogens is 1. The highest BCUT2D eigenvalue weighted by molar-refractivity contribution is 7.89. The van der Waals surface area contributed by atoms with E-state index in [1.54, 1.807) is 4.31 Å². The number of aromatic amines is 1. The molecule has 1 saturated carbocycles. The predicted molar refractivity (Wildman–Crippen MR) is 73.5 cm³/mol. The minimum atomic E-state index is -3.52. The Bertz CT molecular complexity index is 543. The fourth-order valence-corrected chi connectivity index (χ4v) is 5.23.